The molecule has 7 nitrogen and oxygen atoms in total. The Morgan fingerprint density at radius 3 is 2.89 bits per heavy atom. The van der Waals surface area contributed by atoms with Crippen LogP contribution in [0.4, 0.5) is 10.2 Å². The number of fused-ring (bicyclic) bond motifs is 1. The number of aliphatic hydroxyl groups is 1. The van der Waals surface area contributed by atoms with Crippen LogP contribution < -0.4 is 5.73 Å². The maximum absolute atomic E-state index is 14.0. The topological polar surface area (TPSA) is 99.1 Å². The van der Waals surface area contributed by atoms with E-state index in [0.717, 1.165) is 0 Å². The number of aliphatic hydroxyl groups excluding tert-OH is 1. The molecular weight excluding hydrogens is 277 g/mol. The molecule has 0 bridgehead atoms. The fourth-order valence-electron chi connectivity index (χ4n) is 2.12. The predicted molar refractivity (Wildman–Crippen MR) is 65.2 cm³/mol. The van der Waals surface area contributed by atoms with E-state index < -0.39 is 24.6 Å². The Labute approximate surface area is 112 Å². The van der Waals surface area contributed by atoms with Crippen LogP contribution in [-0.2, 0) is 4.74 Å². The number of halogens is 2. The monoisotopic (exact) mass is 287 g/mol. The van der Waals surface area contributed by atoms with E-state index in [0.29, 0.717) is 5.52 Å². The lowest BCUT2D eigenvalue weighted by atomic mass is 10.2. The summed E-state index contributed by atoms with van der Waals surface area (Å²) in [5.41, 5.74) is 6.25. The molecule has 1 saturated heterocycles. The van der Waals surface area contributed by atoms with Crippen LogP contribution in [0.3, 0.4) is 0 Å². The lowest BCUT2D eigenvalue weighted by Gasteiger charge is -2.14. The summed E-state index contributed by atoms with van der Waals surface area (Å²) in [6, 6.07) is 0. The summed E-state index contributed by atoms with van der Waals surface area (Å²) >= 11 is 5.73. The van der Waals surface area contributed by atoms with Crippen LogP contribution in [0.15, 0.2) is 6.33 Å². The van der Waals surface area contributed by atoms with Gasteiger partial charge in [-0.1, -0.05) is 0 Å². The van der Waals surface area contributed by atoms with E-state index in [4.69, 9.17) is 22.1 Å². The molecule has 4 atom stereocenters. The number of nitrogen functional groups attached to an aromatic ring is 1. The summed E-state index contributed by atoms with van der Waals surface area (Å²) in [5.74, 6) is 0.107. The van der Waals surface area contributed by atoms with Gasteiger partial charge in [-0.15, -0.1) is 0 Å². The Balaban J connectivity index is 2.11. The van der Waals surface area contributed by atoms with Gasteiger partial charge in [-0.25, -0.2) is 9.37 Å². The standard InChI is InChI=1S/C10H11ClFN5O2/c1-3-6(18)4(12)9(19-3)17-2-14-5-7(13)15-10(11)16-8(5)17/h2-4,6,9,18H,1H3,(H2,13,15,16)/t3-,4+,6-,9-/m1/s1. The van der Waals surface area contributed by atoms with Gasteiger partial charge < -0.3 is 15.6 Å². The van der Waals surface area contributed by atoms with Gasteiger partial charge in [0.05, 0.1) is 12.4 Å². The first-order valence-corrected chi connectivity index (χ1v) is 6.00. The Bertz CT molecular complexity index is 636. The van der Waals surface area contributed by atoms with E-state index in [9.17, 15) is 9.50 Å². The highest BCUT2D eigenvalue weighted by molar-refractivity contribution is 6.28. The van der Waals surface area contributed by atoms with Gasteiger partial charge in [0, 0.05) is 0 Å². The molecule has 3 N–H and O–H groups in total. The van der Waals surface area contributed by atoms with Crippen LogP contribution in [0.1, 0.15) is 13.2 Å². The van der Waals surface area contributed by atoms with Crippen LogP contribution in [0.25, 0.3) is 11.2 Å². The minimum absolute atomic E-state index is 0.0613. The van der Waals surface area contributed by atoms with Crippen molar-refractivity contribution in [1.29, 1.82) is 0 Å². The molecule has 0 saturated carbocycles. The van der Waals surface area contributed by atoms with E-state index in [1.807, 2.05) is 0 Å². The molecule has 0 amide bonds. The molecule has 9 heteroatoms. The molecule has 3 rings (SSSR count). The number of rotatable bonds is 1. The Morgan fingerprint density at radius 1 is 1.53 bits per heavy atom. The van der Waals surface area contributed by atoms with Gasteiger partial charge in [-0.3, -0.25) is 4.57 Å². The maximum atomic E-state index is 14.0. The summed E-state index contributed by atoms with van der Waals surface area (Å²) in [6.45, 7) is 1.59. The quantitative estimate of drug-likeness (QED) is 0.748. The summed E-state index contributed by atoms with van der Waals surface area (Å²) in [7, 11) is 0. The maximum Gasteiger partial charge on any atom is 0.226 e. The van der Waals surface area contributed by atoms with Crippen molar-refractivity contribution >= 4 is 28.6 Å². The normalized spacial score (nSPS) is 31.2. The van der Waals surface area contributed by atoms with Gasteiger partial charge in [0.15, 0.2) is 23.9 Å². The van der Waals surface area contributed by atoms with Crippen molar-refractivity contribution in [2.24, 2.45) is 0 Å². The highest BCUT2D eigenvalue weighted by Crippen LogP contribution is 2.33. The third kappa shape index (κ3) is 1.83. The second-order valence-electron chi connectivity index (χ2n) is 4.37. The van der Waals surface area contributed by atoms with Gasteiger partial charge in [-0.05, 0) is 18.5 Å². The second-order valence-corrected chi connectivity index (χ2v) is 4.71. The Hall–Kier alpha value is -1.51. The van der Waals surface area contributed by atoms with E-state index >= 15 is 0 Å². The molecule has 2 aromatic heterocycles. The first-order chi connectivity index (χ1) is 8.99. The third-order valence-electron chi connectivity index (χ3n) is 3.13. The molecule has 1 fully saturated rings. The minimum atomic E-state index is -1.58. The van der Waals surface area contributed by atoms with Gasteiger partial charge in [0.1, 0.15) is 11.6 Å². The fourth-order valence-corrected chi connectivity index (χ4v) is 2.29. The first-order valence-electron chi connectivity index (χ1n) is 5.62. The zero-order valence-corrected chi connectivity index (χ0v) is 10.6. The molecule has 1 aliphatic heterocycles. The first kappa shape index (κ1) is 12.5. The molecule has 0 spiro atoms. The van der Waals surface area contributed by atoms with Crippen LogP contribution in [-0.4, -0.2) is 43.0 Å². The molecule has 0 radical (unpaired) electrons. The van der Waals surface area contributed by atoms with E-state index in [1.165, 1.54) is 10.9 Å². The highest BCUT2D eigenvalue weighted by Gasteiger charge is 2.43. The molecule has 0 aromatic carbocycles. The van der Waals surface area contributed by atoms with Gasteiger partial charge >= 0.3 is 0 Å². The molecule has 0 aliphatic carbocycles. The van der Waals surface area contributed by atoms with Gasteiger partial charge in [-0.2, -0.15) is 9.97 Å². The Morgan fingerprint density at radius 2 is 2.26 bits per heavy atom. The van der Waals surface area contributed by atoms with Crippen molar-refractivity contribution < 1.29 is 14.2 Å². The lowest BCUT2D eigenvalue weighted by Crippen LogP contribution is -2.26. The van der Waals surface area contributed by atoms with Crippen molar-refractivity contribution in [3.8, 4) is 0 Å². The molecule has 0 unspecified atom stereocenters. The molecule has 102 valence electrons. The fraction of sp³-hybridized carbons (Fsp3) is 0.500. The number of imidazole rings is 1. The number of alkyl halides is 1. The van der Waals surface area contributed by atoms with Crippen molar-refractivity contribution in [3.05, 3.63) is 11.6 Å². The third-order valence-corrected chi connectivity index (χ3v) is 3.30. The summed E-state index contributed by atoms with van der Waals surface area (Å²) < 4.78 is 20.7. The van der Waals surface area contributed by atoms with E-state index in [2.05, 4.69) is 15.0 Å². The average molecular weight is 288 g/mol. The summed E-state index contributed by atoms with van der Waals surface area (Å²) in [6.07, 6.45) is -3.07. The van der Waals surface area contributed by atoms with Crippen molar-refractivity contribution in [3.63, 3.8) is 0 Å². The molecule has 2 aromatic rings. The molecule has 1 aliphatic rings. The van der Waals surface area contributed by atoms with E-state index in [1.54, 1.807) is 6.92 Å². The zero-order valence-electron chi connectivity index (χ0n) is 9.86. The summed E-state index contributed by atoms with van der Waals surface area (Å²) in [4.78, 5) is 11.7. The molecule has 19 heavy (non-hydrogen) atoms. The molecule has 3 heterocycles. The second kappa shape index (κ2) is 4.26. The van der Waals surface area contributed by atoms with Crippen molar-refractivity contribution in [2.45, 2.75) is 31.5 Å². The Kier molecular flexibility index (Phi) is 2.80. The number of nitrogens with zero attached hydrogens (tertiary/aromatic N) is 4. The van der Waals surface area contributed by atoms with Gasteiger partial charge in [0.2, 0.25) is 5.28 Å². The van der Waals surface area contributed by atoms with Crippen molar-refractivity contribution in [2.75, 3.05) is 5.73 Å². The average Bonchev–Trinajstić information content (AvgIpc) is 2.86. The highest BCUT2D eigenvalue weighted by atomic mass is 35.5. The lowest BCUT2D eigenvalue weighted by molar-refractivity contribution is -0.0137. The number of nitrogens with two attached hydrogens (primary N) is 1. The van der Waals surface area contributed by atoms with E-state index in [-0.39, 0.29) is 16.7 Å². The number of hydrogen-bond acceptors (Lipinski definition) is 6. The number of hydrogen-bond donors (Lipinski definition) is 2. The smallest absolute Gasteiger partial charge is 0.226 e. The summed E-state index contributed by atoms with van der Waals surface area (Å²) in [5, 5.41) is 9.54. The van der Waals surface area contributed by atoms with Crippen LogP contribution >= 0.6 is 11.6 Å². The SMILES string of the molecule is C[C@H]1O[C@@H](n2cnc3c(N)nc(Cl)nc32)[C@@H](F)[C@@H]1O. The molecular formula is C10H11ClFN5O2. The number of anilines is 1. The zero-order chi connectivity index (χ0) is 13.7. The van der Waals surface area contributed by atoms with Crippen LogP contribution in [0.5, 0.6) is 0 Å². The van der Waals surface area contributed by atoms with Gasteiger partial charge in [0.25, 0.3) is 0 Å². The minimum Gasteiger partial charge on any atom is -0.387 e. The number of ether oxygens (including phenoxy) is 1. The largest absolute Gasteiger partial charge is 0.387 e. The van der Waals surface area contributed by atoms with Crippen molar-refractivity contribution in [1.82, 2.24) is 19.5 Å². The number of aromatic nitrogens is 4. The van der Waals surface area contributed by atoms with Crippen LogP contribution in [0, 0.1) is 0 Å². The predicted octanol–water partition coefficient (Wildman–Crippen LogP) is 0.678. The van der Waals surface area contributed by atoms with Crippen LogP contribution in [0.2, 0.25) is 5.28 Å².